The average Bonchev–Trinajstić information content (AvgIpc) is 1.19. The van der Waals surface area contributed by atoms with E-state index in [2.05, 4.69) is 0 Å². The summed E-state index contributed by atoms with van der Waals surface area (Å²) in [5.74, 6) is 0. The van der Waals surface area contributed by atoms with Crippen LogP contribution in [0.25, 0.3) is 0 Å². The summed E-state index contributed by atoms with van der Waals surface area (Å²) < 4.78 is 17.4. The molecule has 0 aromatic carbocycles. The number of rotatable bonds is 0. The van der Waals surface area contributed by atoms with Crippen molar-refractivity contribution in [3.63, 3.8) is 0 Å². The summed E-state index contributed by atoms with van der Waals surface area (Å²) in [5, 5.41) is 0. The van der Waals surface area contributed by atoms with Crippen LogP contribution in [0.1, 0.15) is 0 Å². The minimum Gasteiger partial charge on any atom is -0.756 e. The Hall–Kier alpha value is 2.13. The summed E-state index contributed by atoms with van der Waals surface area (Å²) in [6, 6.07) is 0. The van der Waals surface area contributed by atoms with E-state index in [-0.39, 0.29) is 59.1 Å². The van der Waals surface area contributed by atoms with Crippen LogP contribution in [0.5, 0.6) is 0 Å². The first-order valence-corrected chi connectivity index (χ1v) is 3.99. The standard InChI is InChI=1S/2Na.H3O4P.HO3P/c;;1-5(2,3)4;1-4(2)3/h;;(H3,1,2,3,4);(H,1,2,3)/q2*+1;;/p-1. The topological polar surface area (TPSA) is 141 Å². The van der Waals surface area contributed by atoms with Crippen molar-refractivity contribution in [1.82, 2.24) is 0 Å². The molecule has 0 saturated carbocycles. The number of hydrogen-bond acceptors (Lipinski definition) is 4. The van der Waals surface area contributed by atoms with Gasteiger partial charge in [0.1, 0.15) is 0 Å². The molecule has 0 aromatic rings. The van der Waals surface area contributed by atoms with E-state index in [4.69, 9.17) is 33.6 Å². The maximum atomic E-state index is 8.77. The van der Waals surface area contributed by atoms with Crippen molar-refractivity contribution in [2.24, 2.45) is 0 Å². The van der Waals surface area contributed by atoms with E-state index >= 15 is 0 Å². The molecule has 0 bridgehead atoms. The SMILES string of the molecule is O=P([O-])(O)O.O=[P+]([O-])O.[Na+].[Na+]. The molecule has 0 saturated heterocycles. The fourth-order valence-corrected chi connectivity index (χ4v) is 0. The van der Waals surface area contributed by atoms with Crippen molar-refractivity contribution < 1.29 is 92.7 Å². The van der Waals surface area contributed by atoms with E-state index in [1.54, 1.807) is 0 Å². The molecule has 1 atom stereocenters. The van der Waals surface area contributed by atoms with E-state index < -0.39 is 16.1 Å². The molecule has 0 fully saturated rings. The van der Waals surface area contributed by atoms with Gasteiger partial charge in [-0.25, -0.2) is 0 Å². The molecule has 0 radical (unpaired) electrons. The van der Waals surface area contributed by atoms with E-state index in [0.717, 1.165) is 0 Å². The van der Waals surface area contributed by atoms with Gasteiger partial charge in [-0.1, -0.05) is 0 Å². The zero-order valence-electron chi connectivity index (χ0n) is 5.87. The molecule has 0 amide bonds. The predicted molar refractivity (Wildman–Crippen MR) is 21.9 cm³/mol. The number of phosphoric acid groups is 1. The van der Waals surface area contributed by atoms with Gasteiger partial charge in [0.2, 0.25) is 0 Å². The van der Waals surface area contributed by atoms with Gasteiger partial charge in [-0.05, 0) is 4.57 Å². The van der Waals surface area contributed by atoms with Crippen molar-refractivity contribution in [3.05, 3.63) is 0 Å². The Kier molecular flexibility index (Phi) is 25.6. The molecule has 0 aromatic heterocycles. The van der Waals surface area contributed by atoms with Crippen LogP contribution in [0.2, 0.25) is 0 Å². The van der Waals surface area contributed by atoms with Crippen LogP contribution in [-0.2, 0) is 9.13 Å². The summed E-state index contributed by atoms with van der Waals surface area (Å²) in [7, 11) is -8.01. The quantitative estimate of drug-likeness (QED) is 0.273. The van der Waals surface area contributed by atoms with Gasteiger partial charge in [0.05, 0.1) is 0 Å². The minimum atomic E-state index is -4.89. The van der Waals surface area contributed by atoms with Gasteiger partial charge in [0.15, 0.2) is 0 Å². The third-order valence-electron chi connectivity index (χ3n) is 0. The van der Waals surface area contributed by atoms with Crippen LogP contribution >= 0.6 is 16.1 Å². The Bertz CT molecular complexity index is 114. The van der Waals surface area contributed by atoms with E-state index in [9.17, 15) is 0 Å². The Morgan fingerprint density at radius 2 is 1.27 bits per heavy atom. The molecular formula is H3Na2O7P2+. The average molecular weight is 223 g/mol. The second kappa shape index (κ2) is 12.1. The molecule has 56 valence electrons. The fourth-order valence-electron chi connectivity index (χ4n) is 0. The van der Waals surface area contributed by atoms with Crippen LogP contribution in [0, 0.1) is 0 Å². The van der Waals surface area contributed by atoms with Gasteiger partial charge >= 0.3 is 67.4 Å². The smallest absolute Gasteiger partial charge is 0.756 e. The van der Waals surface area contributed by atoms with Crippen LogP contribution in [-0.4, -0.2) is 14.7 Å². The zero-order chi connectivity index (χ0) is 8.08. The first-order chi connectivity index (χ1) is 3.73. The van der Waals surface area contributed by atoms with Gasteiger partial charge in [0, 0.05) is 0 Å². The first kappa shape index (κ1) is 23.2. The summed E-state index contributed by atoms with van der Waals surface area (Å²) >= 11 is 0. The third-order valence-corrected chi connectivity index (χ3v) is 0. The molecule has 11 heavy (non-hydrogen) atoms. The monoisotopic (exact) mass is 223 g/mol. The van der Waals surface area contributed by atoms with Gasteiger partial charge in [0.25, 0.3) is 7.82 Å². The van der Waals surface area contributed by atoms with E-state index in [1.165, 1.54) is 0 Å². The molecule has 11 heteroatoms. The minimum absolute atomic E-state index is 0. The van der Waals surface area contributed by atoms with Gasteiger partial charge < -0.3 is 19.6 Å². The first-order valence-electron chi connectivity index (χ1n) is 1.33. The molecule has 0 aliphatic heterocycles. The summed E-state index contributed by atoms with van der Waals surface area (Å²) in [6.45, 7) is 0. The molecule has 0 spiro atoms. The van der Waals surface area contributed by atoms with Crippen LogP contribution in [0.4, 0.5) is 0 Å². The van der Waals surface area contributed by atoms with Crippen LogP contribution in [0.15, 0.2) is 0 Å². The van der Waals surface area contributed by atoms with Gasteiger partial charge in [-0.3, -0.25) is 4.57 Å². The van der Waals surface area contributed by atoms with Gasteiger partial charge in [-0.15, -0.1) is 0 Å². The Labute approximate surface area is 108 Å². The zero-order valence-corrected chi connectivity index (χ0v) is 11.7. The maximum absolute atomic E-state index is 8.77. The molecule has 0 heterocycles. The maximum Gasteiger partial charge on any atom is 1.00 e. The Morgan fingerprint density at radius 1 is 1.27 bits per heavy atom. The summed E-state index contributed by atoms with van der Waals surface area (Å²) in [4.78, 5) is 38.5. The third kappa shape index (κ3) is 274. The van der Waals surface area contributed by atoms with E-state index in [1.807, 2.05) is 0 Å². The van der Waals surface area contributed by atoms with Crippen molar-refractivity contribution >= 4 is 16.1 Å². The summed E-state index contributed by atoms with van der Waals surface area (Å²) in [5.41, 5.74) is 0. The second-order valence-corrected chi connectivity index (χ2v) is 2.19. The predicted octanol–water partition coefficient (Wildman–Crippen LogP) is -8.56. The van der Waals surface area contributed by atoms with Crippen LogP contribution < -0.4 is 68.9 Å². The van der Waals surface area contributed by atoms with E-state index in [0.29, 0.717) is 0 Å². The van der Waals surface area contributed by atoms with Crippen molar-refractivity contribution in [1.29, 1.82) is 0 Å². The molecule has 0 aliphatic carbocycles. The molecule has 0 aliphatic rings. The normalized spacial score (nSPS) is 9.36. The Morgan fingerprint density at radius 3 is 1.27 bits per heavy atom. The fraction of sp³-hybridized carbons (Fsp3) is 0. The molecular weight excluding hydrogens is 220 g/mol. The molecule has 1 unspecified atom stereocenters. The van der Waals surface area contributed by atoms with Crippen LogP contribution in [0.3, 0.4) is 0 Å². The largest absolute Gasteiger partial charge is 1.00 e. The van der Waals surface area contributed by atoms with Crippen molar-refractivity contribution in [3.8, 4) is 0 Å². The Balaban J connectivity index is -0.0000000383. The van der Waals surface area contributed by atoms with Gasteiger partial charge in [-0.2, -0.15) is 4.89 Å². The summed E-state index contributed by atoms with van der Waals surface area (Å²) in [6.07, 6.45) is 0. The number of hydrogen-bond donors (Lipinski definition) is 3. The second-order valence-electron chi connectivity index (χ2n) is 0.728. The molecule has 7 nitrogen and oxygen atoms in total. The van der Waals surface area contributed by atoms with Crippen molar-refractivity contribution in [2.75, 3.05) is 0 Å². The molecule has 3 N–H and O–H groups in total. The van der Waals surface area contributed by atoms with Crippen molar-refractivity contribution in [2.45, 2.75) is 0 Å². The molecule has 0 rings (SSSR count).